The van der Waals surface area contributed by atoms with Crippen LogP contribution in [0.2, 0.25) is 0 Å². The molecule has 3 nitrogen and oxygen atoms in total. The van der Waals surface area contributed by atoms with Crippen molar-refractivity contribution in [1.82, 2.24) is 10.2 Å². The Morgan fingerprint density at radius 3 is 2.50 bits per heavy atom. The van der Waals surface area contributed by atoms with Gasteiger partial charge in [0.05, 0.1) is 0 Å². The molecule has 0 amide bonds. The molecular weight excluding hydrogens is 231 g/mol. The molecule has 0 spiro atoms. The number of aromatic amines is 1. The standard InChI is InChI=1S/C9H5F3N3.Mg/c10-9(11,12)8-5-7(14-15-8)6-3-1-2-4-13-6;/h1-5H;/q-1;+2/p+1. The van der Waals surface area contributed by atoms with E-state index in [0.29, 0.717) is 5.69 Å². The van der Waals surface area contributed by atoms with Crippen LogP contribution in [-0.2, 0) is 6.18 Å². The van der Waals surface area contributed by atoms with Gasteiger partial charge in [-0.2, -0.15) is 13.2 Å². The van der Waals surface area contributed by atoms with Gasteiger partial charge in [0.25, 0.3) is 0 Å². The van der Waals surface area contributed by atoms with Crippen LogP contribution < -0.4 is 10.1 Å². The molecular formula is C9H6F3MgN3+2. The normalized spacial score (nSPS) is 10.9. The number of aromatic nitrogens is 3. The Labute approximate surface area is 105 Å². The first-order valence-corrected chi connectivity index (χ1v) is 4.12. The van der Waals surface area contributed by atoms with Gasteiger partial charge < -0.3 is 10.2 Å². The Kier molecular flexibility index (Phi) is 3.92. The molecule has 2 aromatic rings. The molecule has 0 aliphatic carbocycles. The zero-order valence-electron chi connectivity index (χ0n) is 8.12. The van der Waals surface area contributed by atoms with Crippen LogP contribution in [0.15, 0.2) is 30.5 Å². The summed E-state index contributed by atoms with van der Waals surface area (Å²) in [5, 5.41) is 6.52. The minimum absolute atomic E-state index is 0. The van der Waals surface area contributed by atoms with Crippen molar-refractivity contribution < 1.29 is 18.2 Å². The maximum absolute atomic E-state index is 12.2. The molecule has 0 fully saturated rings. The number of hydrogen-bond acceptors (Lipinski definition) is 1. The number of H-pyrrole nitrogens is 1. The van der Waals surface area contributed by atoms with Crippen LogP contribution >= 0.6 is 0 Å². The van der Waals surface area contributed by atoms with E-state index in [1.54, 1.807) is 24.4 Å². The number of alkyl halides is 3. The van der Waals surface area contributed by atoms with Gasteiger partial charge in [0.2, 0.25) is 0 Å². The van der Waals surface area contributed by atoms with Gasteiger partial charge in [0.1, 0.15) is 5.69 Å². The molecule has 78 valence electrons. The Morgan fingerprint density at radius 2 is 2.00 bits per heavy atom. The van der Waals surface area contributed by atoms with Crippen molar-refractivity contribution in [2.24, 2.45) is 0 Å². The Morgan fingerprint density at radius 1 is 1.25 bits per heavy atom. The predicted octanol–water partition coefficient (Wildman–Crippen LogP) is 1.16. The number of nitrogens with one attached hydrogen (secondary N) is 1. The van der Waals surface area contributed by atoms with Crippen LogP contribution in [0.5, 0.6) is 0 Å². The third-order valence-electron chi connectivity index (χ3n) is 1.81. The first-order chi connectivity index (χ1) is 7.07. The van der Waals surface area contributed by atoms with Crippen LogP contribution in [0.3, 0.4) is 0 Å². The van der Waals surface area contributed by atoms with Crippen LogP contribution in [-0.4, -0.2) is 28.2 Å². The van der Waals surface area contributed by atoms with Gasteiger partial charge in [-0.25, -0.2) is 4.98 Å². The zero-order chi connectivity index (χ0) is 10.9. The summed E-state index contributed by atoms with van der Waals surface area (Å²) >= 11 is 0. The Hall–Kier alpha value is -1.08. The summed E-state index contributed by atoms with van der Waals surface area (Å²) < 4.78 is 36.6. The van der Waals surface area contributed by atoms with E-state index in [2.05, 4.69) is 15.2 Å². The van der Waals surface area contributed by atoms with Crippen molar-refractivity contribution in [2.45, 2.75) is 6.18 Å². The Bertz CT molecular complexity index is 453. The fraction of sp³-hybridized carbons (Fsp3) is 0.111. The molecule has 2 heterocycles. The topological polar surface area (TPSA) is 41.1 Å². The maximum atomic E-state index is 12.2. The van der Waals surface area contributed by atoms with Crippen molar-refractivity contribution in [3.8, 4) is 11.4 Å². The molecule has 0 radical (unpaired) electrons. The van der Waals surface area contributed by atoms with E-state index in [9.17, 15) is 13.2 Å². The molecule has 0 aliphatic heterocycles. The van der Waals surface area contributed by atoms with E-state index in [1.165, 1.54) is 0 Å². The van der Waals surface area contributed by atoms with E-state index in [1.807, 2.05) is 0 Å². The first-order valence-electron chi connectivity index (χ1n) is 4.12. The molecule has 7 heteroatoms. The minimum atomic E-state index is -4.44. The number of rotatable bonds is 1. The van der Waals surface area contributed by atoms with Gasteiger partial charge in [-0.3, -0.25) is 0 Å². The maximum Gasteiger partial charge on any atom is 2.00 e. The van der Waals surface area contributed by atoms with Gasteiger partial charge >= 0.3 is 29.2 Å². The van der Waals surface area contributed by atoms with Crippen molar-refractivity contribution in [3.63, 3.8) is 0 Å². The van der Waals surface area contributed by atoms with Crippen LogP contribution in [0.1, 0.15) is 5.69 Å². The van der Waals surface area contributed by atoms with E-state index < -0.39 is 11.9 Å². The number of hydrogen-bond donors (Lipinski definition) is 0. The molecule has 0 unspecified atom stereocenters. The summed E-state index contributed by atoms with van der Waals surface area (Å²) in [6, 6.07) is 5.97. The van der Waals surface area contributed by atoms with Gasteiger partial charge in [0.15, 0.2) is 11.9 Å². The average Bonchev–Trinajstić information content (AvgIpc) is 2.67. The summed E-state index contributed by atoms with van der Waals surface area (Å²) in [7, 11) is 0. The van der Waals surface area contributed by atoms with Gasteiger partial charge in [-0.1, -0.05) is 0 Å². The Balaban J connectivity index is 0.00000128. The fourth-order valence-electron chi connectivity index (χ4n) is 1.12. The molecule has 0 saturated heterocycles. The van der Waals surface area contributed by atoms with Gasteiger partial charge in [0, 0.05) is 12.1 Å². The molecule has 0 bridgehead atoms. The summed E-state index contributed by atoms with van der Waals surface area (Å²) in [6.07, 6.45) is -2.84. The summed E-state index contributed by atoms with van der Waals surface area (Å²) in [5.74, 6) is 0. The predicted molar refractivity (Wildman–Crippen MR) is 50.3 cm³/mol. The van der Waals surface area contributed by atoms with Gasteiger partial charge in [-0.05, 0) is 17.8 Å². The second-order valence-electron chi connectivity index (χ2n) is 2.89. The van der Waals surface area contributed by atoms with Crippen molar-refractivity contribution in [3.05, 3.63) is 36.2 Å². The van der Waals surface area contributed by atoms with Gasteiger partial charge in [-0.15, -0.1) is 0 Å². The SMILES string of the molecule is FC(F)(F)c1cc(-c2cccc[nH+]2)[n-]n1.[Mg+2]. The van der Waals surface area contributed by atoms with E-state index in [-0.39, 0.29) is 28.7 Å². The third-order valence-corrected chi connectivity index (χ3v) is 1.81. The molecule has 2 aromatic heterocycles. The molecule has 2 rings (SSSR count). The fourth-order valence-corrected chi connectivity index (χ4v) is 1.12. The zero-order valence-corrected chi connectivity index (χ0v) is 9.54. The van der Waals surface area contributed by atoms with Crippen LogP contribution in [0, 0.1) is 0 Å². The van der Waals surface area contributed by atoms with Crippen molar-refractivity contribution >= 4 is 23.1 Å². The van der Waals surface area contributed by atoms with Crippen LogP contribution in [0.4, 0.5) is 13.2 Å². The quantitative estimate of drug-likeness (QED) is 0.698. The first kappa shape index (κ1) is 13.0. The van der Waals surface area contributed by atoms with Crippen LogP contribution in [0.25, 0.3) is 11.4 Å². The second-order valence-corrected chi connectivity index (χ2v) is 2.89. The number of nitrogens with zero attached hydrogens (tertiary/aromatic N) is 2. The number of halogens is 3. The largest absolute Gasteiger partial charge is 2.00 e. The molecule has 16 heavy (non-hydrogen) atoms. The molecule has 0 aliphatic rings. The summed E-state index contributed by atoms with van der Waals surface area (Å²) in [6.45, 7) is 0. The average molecular weight is 237 g/mol. The van der Waals surface area contributed by atoms with Crippen molar-refractivity contribution in [1.29, 1.82) is 0 Å². The molecule has 1 N–H and O–H groups in total. The van der Waals surface area contributed by atoms with Crippen molar-refractivity contribution in [2.75, 3.05) is 0 Å². The summed E-state index contributed by atoms with van der Waals surface area (Å²) in [4.78, 5) is 2.78. The monoisotopic (exact) mass is 237 g/mol. The third kappa shape index (κ3) is 2.73. The molecule has 0 aromatic carbocycles. The smallest absolute Gasteiger partial charge is 0.570 e. The second kappa shape index (κ2) is 4.83. The summed E-state index contributed by atoms with van der Waals surface area (Å²) in [5.41, 5.74) is -0.293. The minimum Gasteiger partial charge on any atom is -0.570 e. The number of pyridine rings is 1. The molecule has 0 saturated carbocycles. The van der Waals surface area contributed by atoms with E-state index in [0.717, 1.165) is 6.07 Å². The van der Waals surface area contributed by atoms with E-state index >= 15 is 0 Å². The van der Waals surface area contributed by atoms with E-state index in [4.69, 9.17) is 0 Å². The molecule has 0 atom stereocenters.